The number of hydrogen-bond donors (Lipinski definition) is 1. The van der Waals surface area contributed by atoms with Gasteiger partial charge in [-0.2, -0.15) is 17.8 Å². The standard InChI is InChI=1S/C18H31N5O3S/c1-21(2)27(25,26)19-12-11-14-8-6-7-13-23(14)18(24)17-15-9-4-5-10-16(15)20-22(17)3/h14,19H,4-13H2,1-3H3/t14-/m1/s1. The maximum atomic E-state index is 13.4. The van der Waals surface area contributed by atoms with Gasteiger partial charge in [-0.25, -0.2) is 4.72 Å². The van der Waals surface area contributed by atoms with Crippen LogP contribution in [-0.4, -0.2) is 66.5 Å². The van der Waals surface area contributed by atoms with E-state index in [4.69, 9.17) is 0 Å². The lowest BCUT2D eigenvalue weighted by Gasteiger charge is -2.36. The summed E-state index contributed by atoms with van der Waals surface area (Å²) in [5, 5.41) is 4.58. The van der Waals surface area contributed by atoms with Crippen molar-refractivity contribution in [2.45, 2.75) is 57.4 Å². The predicted molar refractivity (Wildman–Crippen MR) is 104 cm³/mol. The van der Waals surface area contributed by atoms with Crippen molar-refractivity contribution in [1.82, 2.24) is 23.7 Å². The number of carbonyl (C=O) groups is 1. The molecule has 1 atom stereocenters. The summed E-state index contributed by atoms with van der Waals surface area (Å²) in [5.74, 6) is 0.0494. The van der Waals surface area contributed by atoms with Crippen LogP contribution in [0.15, 0.2) is 0 Å². The number of rotatable bonds is 6. The minimum absolute atomic E-state index is 0.0494. The lowest BCUT2D eigenvalue weighted by Crippen LogP contribution is -2.46. The Morgan fingerprint density at radius 3 is 2.70 bits per heavy atom. The van der Waals surface area contributed by atoms with Crippen LogP contribution in [0.2, 0.25) is 0 Å². The first kappa shape index (κ1) is 20.3. The summed E-state index contributed by atoms with van der Waals surface area (Å²) in [6.07, 6.45) is 7.71. The van der Waals surface area contributed by atoms with Crippen LogP contribution in [0.25, 0.3) is 0 Å². The van der Waals surface area contributed by atoms with Crippen molar-refractivity contribution >= 4 is 16.1 Å². The van der Waals surface area contributed by atoms with Crippen LogP contribution in [-0.2, 0) is 30.1 Å². The summed E-state index contributed by atoms with van der Waals surface area (Å²) in [7, 11) is 1.43. The Labute approximate surface area is 162 Å². The van der Waals surface area contributed by atoms with Gasteiger partial charge in [0.15, 0.2) is 0 Å². The van der Waals surface area contributed by atoms with Gasteiger partial charge in [0.05, 0.1) is 5.69 Å². The molecular formula is C18H31N5O3S. The van der Waals surface area contributed by atoms with E-state index >= 15 is 0 Å². The molecule has 1 aromatic rings. The van der Waals surface area contributed by atoms with Gasteiger partial charge >= 0.3 is 0 Å². The molecule has 3 rings (SSSR count). The molecule has 0 saturated carbocycles. The lowest BCUT2D eigenvalue weighted by molar-refractivity contribution is 0.0591. The molecule has 8 nitrogen and oxygen atoms in total. The van der Waals surface area contributed by atoms with E-state index < -0.39 is 10.2 Å². The van der Waals surface area contributed by atoms with Crippen molar-refractivity contribution < 1.29 is 13.2 Å². The summed E-state index contributed by atoms with van der Waals surface area (Å²) in [4.78, 5) is 15.3. The van der Waals surface area contributed by atoms with E-state index in [0.717, 1.165) is 68.4 Å². The van der Waals surface area contributed by atoms with Gasteiger partial charge in [-0.15, -0.1) is 0 Å². The van der Waals surface area contributed by atoms with Crippen LogP contribution < -0.4 is 4.72 Å². The summed E-state index contributed by atoms with van der Waals surface area (Å²) in [6, 6.07) is 0.0604. The zero-order chi connectivity index (χ0) is 19.6. The fourth-order valence-corrected chi connectivity index (χ4v) is 4.77. The Hall–Kier alpha value is -1.45. The first-order valence-corrected chi connectivity index (χ1v) is 11.3. The molecule has 152 valence electrons. The second-order valence-corrected chi connectivity index (χ2v) is 9.69. The first-order chi connectivity index (χ1) is 12.8. The number of carbonyl (C=O) groups excluding carboxylic acids is 1. The Bertz CT molecular complexity index is 787. The second kappa shape index (κ2) is 8.28. The van der Waals surface area contributed by atoms with Gasteiger partial charge in [0, 0.05) is 45.8 Å². The van der Waals surface area contributed by atoms with Crippen molar-refractivity contribution in [3.8, 4) is 0 Å². The molecule has 2 heterocycles. The van der Waals surface area contributed by atoms with E-state index in [1.165, 1.54) is 18.4 Å². The smallest absolute Gasteiger partial charge is 0.278 e. The fraction of sp³-hybridized carbons (Fsp3) is 0.778. The predicted octanol–water partition coefficient (Wildman–Crippen LogP) is 1.08. The van der Waals surface area contributed by atoms with E-state index in [2.05, 4.69) is 9.82 Å². The summed E-state index contributed by atoms with van der Waals surface area (Å²) < 4.78 is 29.3. The van der Waals surface area contributed by atoms with Gasteiger partial charge in [0.2, 0.25) is 0 Å². The molecule has 1 aliphatic carbocycles. The minimum Gasteiger partial charge on any atom is -0.334 e. The second-order valence-electron chi connectivity index (χ2n) is 7.72. The third kappa shape index (κ3) is 4.35. The van der Waals surface area contributed by atoms with E-state index in [0.29, 0.717) is 13.0 Å². The van der Waals surface area contributed by atoms with Crippen LogP contribution in [0.4, 0.5) is 0 Å². The molecule has 2 aliphatic rings. The highest BCUT2D eigenvalue weighted by molar-refractivity contribution is 7.87. The Kier molecular flexibility index (Phi) is 6.22. The summed E-state index contributed by atoms with van der Waals surface area (Å²) >= 11 is 0. The Balaban J connectivity index is 1.72. The van der Waals surface area contributed by atoms with E-state index in [1.54, 1.807) is 4.68 Å². The zero-order valence-electron chi connectivity index (χ0n) is 16.6. The van der Waals surface area contributed by atoms with E-state index in [-0.39, 0.29) is 11.9 Å². The SMILES string of the molecule is CN(C)S(=O)(=O)NCC[C@H]1CCCCN1C(=O)c1c2c(nn1C)CCCC2. The molecule has 0 bridgehead atoms. The molecule has 1 aliphatic heterocycles. The van der Waals surface area contributed by atoms with Crippen LogP contribution >= 0.6 is 0 Å². The molecule has 9 heteroatoms. The maximum absolute atomic E-state index is 13.4. The van der Waals surface area contributed by atoms with Crippen LogP contribution in [0.5, 0.6) is 0 Å². The molecule has 0 spiro atoms. The molecule has 27 heavy (non-hydrogen) atoms. The average Bonchev–Trinajstić information content (AvgIpc) is 2.97. The van der Waals surface area contributed by atoms with Crippen LogP contribution in [0.3, 0.4) is 0 Å². The number of aryl methyl sites for hydroxylation is 2. The van der Waals surface area contributed by atoms with Gasteiger partial charge in [-0.3, -0.25) is 9.48 Å². The number of fused-ring (bicyclic) bond motifs is 1. The fourth-order valence-electron chi connectivity index (χ4n) is 4.14. The molecular weight excluding hydrogens is 366 g/mol. The third-order valence-corrected chi connectivity index (χ3v) is 7.18. The quantitative estimate of drug-likeness (QED) is 0.778. The highest BCUT2D eigenvalue weighted by atomic mass is 32.2. The zero-order valence-corrected chi connectivity index (χ0v) is 17.4. The molecule has 0 unspecified atom stereocenters. The van der Waals surface area contributed by atoms with Crippen molar-refractivity contribution in [3.63, 3.8) is 0 Å². The van der Waals surface area contributed by atoms with Crippen molar-refractivity contribution in [2.75, 3.05) is 27.2 Å². The topological polar surface area (TPSA) is 87.5 Å². The monoisotopic (exact) mass is 397 g/mol. The number of nitrogens with zero attached hydrogens (tertiary/aromatic N) is 4. The number of aromatic nitrogens is 2. The molecule has 1 aromatic heterocycles. The number of likely N-dealkylation sites (tertiary alicyclic amines) is 1. The third-order valence-electron chi connectivity index (χ3n) is 5.65. The molecule has 0 aromatic carbocycles. The maximum Gasteiger partial charge on any atom is 0.278 e. The van der Waals surface area contributed by atoms with Crippen molar-refractivity contribution in [3.05, 3.63) is 17.0 Å². The van der Waals surface area contributed by atoms with Gasteiger partial charge in [0.1, 0.15) is 5.69 Å². The molecule has 1 fully saturated rings. The number of amides is 1. The van der Waals surface area contributed by atoms with Crippen LogP contribution in [0, 0.1) is 0 Å². The number of piperidine rings is 1. The van der Waals surface area contributed by atoms with E-state index in [1.807, 2.05) is 11.9 Å². The number of hydrogen-bond acceptors (Lipinski definition) is 4. The minimum atomic E-state index is -3.43. The summed E-state index contributed by atoms with van der Waals surface area (Å²) in [5.41, 5.74) is 2.91. The van der Waals surface area contributed by atoms with Crippen molar-refractivity contribution in [1.29, 1.82) is 0 Å². The molecule has 1 amide bonds. The summed E-state index contributed by atoms with van der Waals surface area (Å²) in [6.45, 7) is 1.06. The molecule has 0 radical (unpaired) electrons. The largest absolute Gasteiger partial charge is 0.334 e. The van der Waals surface area contributed by atoms with Gasteiger partial charge in [-0.05, 0) is 51.4 Å². The Morgan fingerprint density at radius 2 is 1.96 bits per heavy atom. The van der Waals surface area contributed by atoms with Gasteiger partial charge in [-0.1, -0.05) is 0 Å². The normalized spacial score (nSPS) is 20.7. The van der Waals surface area contributed by atoms with E-state index in [9.17, 15) is 13.2 Å². The van der Waals surface area contributed by atoms with Gasteiger partial charge < -0.3 is 4.90 Å². The Morgan fingerprint density at radius 1 is 1.22 bits per heavy atom. The number of nitrogens with one attached hydrogen (secondary N) is 1. The lowest BCUT2D eigenvalue weighted by atomic mass is 9.94. The molecule has 1 saturated heterocycles. The highest BCUT2D eigenvalue weighted by Crippen LogP contribution is 2.27. The molecule has 1 N–H and O–H groups in total. The first-order valence-electron chi connectivity index (χ1n) is 9.84. The average molecular weight is 398 g/mol. The van der Waals surface area contributed by atoms with Gasteiger partial charge in [0.25, 0.3) is 16.1 Å². The van der Waals surface area contributed by atoms with Crippen molar-refractivity contribution in [2.24, 2.45) is 7.05 Å². The van der Waals surface area contributed by atoms with Crippen LogP contribution in [0.1, 0.15) is 60.3 Å². The highest BCUT2D eigenvalue weighted by Gasteiger charge is 2.32.